The Morgan fingerprint density at radius 3 is 2.36 bits per heavy atom. The molecular formula is C23H25F2N3O4S. The van der Waals surface area contributed by atoms with Gasteiger partial charge in [0.05, 0.1) is 16.5 Å². The van der Waals surface area contributed by atoms with Gasteiger partial charge in [0.2, 0.25) is 21.8 Å². The summed E-state index contributed by atoms with van der Waals surface area (Å²) >= 11 is 0. The standard InChI is InChI=1S/C23H25F2N3O4S/c1-15-8-10-27(11-9-15)33(31,32)19-5-3-18(4-6-19)28-14-16(12-22(28)29)23(30)26-21-7-2-17(24)13-20(21)25/h2-7,13,15-16H,8-12,14H2,1H3,(H,26,30)/t16-/m1/s1. The van der Waals surface area contributed by atoms with E-state index in [1.54, 1.807) is 12.1 Å². The molecule has 0 aliphatic carbocycles. The van der Waals surface area contributed by atoms with Crippen molar-refractivity contribution in [3.05, 3.63) is 54.1 Å². The number of anilines is 2. The predicted molar refractivity (Wildman–Crippen MR) is 119 cm³/mol. The van der Waals surface area contributed by atoms with Gasteiger partial charge < -0.3 is 10.2 Å². The van der Waals surface area contributed by atoms with E-state index >= 15 is 0 Å². The van der Waals surface area contributed by atoms with E-state index in [4.69, 9.17) is 0 Å². The third-order valence-corrected chi connectivity index (χ3v) is 8.13. The van der Waals surface area contributed by atoms with E-state index in [2.05, 4.69) is 12.2 Å². The van der Waals surface area contributed by atoms with Crippen LogP contribution in [0.1, 0.15) is 26.2 Å². The minimum Gasteiger partial charge on any atom is -0.323 e. The van der Waals surface area contributed by atoms with Crippen LogP contribution in [0, 0.1) is 23.5 Å². The van der Waals surface area contributed by atoms with Crippen molar-refractivity contribution in [1.82, 2.24) is 4.31 Å². The summed E-state index contributed by atoms with van der Waals surface area (Å²) in [7, 11) is -3.60. The summed E-state index contributed by atoms with van der Waals surface area (Å²) in [6.45, 7) is 3.15. The Morgan fingerprint density at radius 2 is 1.73 bits per heavy atom. The van der Waals surface area contributed by atoms with Gasteiger partial charge >= 0.3 is 0 Å². The molecule has 1 N–H and O–H groups in total. The SMILES string of the molecule is CC1CCN(S(=O)(=O)c2ccc(N3C[C@H](C(=O)Nc4ccc(F)cc4F)CC3=O)cc2)CC1. The van der Waals surface area contributed by atoms with Crippen LogP contribution in [0.5, 0.6) is 0 Å². The molecule has 2 aromatic carbocycles. The maximum Gasteiger partial charge on any atom is 0.243 e. The third kappa shape index (κ3) is 4.91. The second-order valence-electron chi connectivity index (χ2n) is 8.60. The lowest BCUT2D eigenvalue weighted by Gasteiger charge is -2.29. The van der Waals surface area contributed by atoms with Crippen molar-refractivity contribution in [3.63, 3.8) is 0 Å². The fourth-order valence-corrected chi connectivity index (χ4v) is 5.60. The van der Waals surface area contributed by atoms with Crippen LogP contribution in [-0.2, 0) is 19.6 Å². The van der Waals surface area contributed by atoms with Gasteiger partial charge in [0.1, 0.15) is 11.6 Å². The average Bonchev–Trinajstić information content (AvgIpc) is 3.18. The van der Waals surface area contributed by atoms with E-state index in [-0.39, 0.29) is 29.5 Å². The maximum atomic E-state index is 13.8. The van der Waals surface area contributed by atoms with Gasteiger partial charge in [0, 0.05) is 37.8 Å². The summed E-state index contributed by atoms with van der Waals surface area (Å²) in [6.07, 6.45) is 1.58. The van der Waals surface area contributed by atoms with Gasteiger partial charge in [0.15, 0.2) is 0 Å². The van der Waals surface area contributed by atoms with Gasteiger partial charge in [0.25, 0.3) is 0 Å². The van der Waals surface area contributed by atoms with Crippen molar-refractivity contribution in [2.45, 2.75) is 31.1 Å². The normalized spacial score (nSPS) is 20.3. The van der Waals surface area contributed by atoms with E-state index in [9.17, 15) is 26.8 Å². The number of nitrogens with zero attached hydrogens (tertiary/aromatic N) is 2. The zero-order valence-corrected chi connectivity index (χ0v) is 18.9. The van der Waals surface area contributed by atoms with Crippen LogP contribution in [0.4, 0.5) is 20.2 Å². The van der Waals surface area contributed by atoms with Gasteiger partial charge in [-0.15, -0.1) is 0 Å². The van der Waals surface area contributed by atoms with Crippen molar-refractivity contribution < 1.29 is 26.8 Å². The molecule has 2 saturated heterocycles. The van der Waals surface area contributed by atoms with E-state index in [0.717, 1.165) is 25.0 Å². The number of hydrogen-bond acceptors (Lipinski definition) is 4. The van der Waals surface area contributed by atoms with Gasteiger partial charge in [-0.05, 0) is 55.2 Å². The van der Waals surface area contributed by atoms with Crippen LogP contribution in [0.3, 0.4) is 0 Å². The van der Waals surface area contributed by atoms with Crippen molar-refractivity contribution in [2.24, 2.45) is 11.8 Å². The molecular weight excluding hydrogens is 452 g/mol. The van der Waals surface area contributed by atoms with E-state index in [1.165, 1.54) is 21.3 Å². The molecule has 7 nitrogen and oxygen atoms in total. The summed E-state index contributed by atoms with van der Waals surface area (Å²) in [4.78, 5) is 26.6. The molecule has 0 bridgehead atoms. The number of carbonyl (C=O) groups is 2. The average molecular weight is 478 g/mol. The number of carbonyl (C=O) groups excluding carboxylic acids is 2. The van der Waals surface area contributed by atoms with Crippen LogP contribution >= 0.6 is 0 Å². The quantitative estimate of drug-likeness (QED) is 0.715. The van der Waals surface area contributed by atoms with Crippen molar-refractivity contribution in [3.8, 4) is 0 Å². The summed E-state index contributed by atoms with van der Waals surface area (Å²) in [5.41, 5.74) is 0.323. The highest BCUT2D eigenvalue weighted by Gasteiger charge is 2.36. The molecule has 2 aliphatic heterocycles. The fourth-order valence-electron chi connectivity index (χ4n) is 4.13. The first-order valence-corrected chi connectivity index (χ1v) is 12.3. The molecule has 0 spiro atoms. The molecule has 2 fully saturated rings. The zero-order valence-electron chi connectivity index (χ0n) is 18.1. The minimum absolute atomic E-state index is 0.0688. The van der Waals surface area contributed by atoms with E-state index in [1.807, 2.05) is 0 Å². The third-order valence-electron chi connectivity index (χ3n) is 6.21. The number of halogens is 2. The highest BCUT2D eigenvalue weighted by Crippen LogP contribution is 2.29. The topological polar surface area (TPSA) is 86.8 Å². The molecule has 2 aromatic rings. The van der Waals surface area contributed by atoms with Crippen LogP contribution in [0.2, 0.25) is 0 Å². The van der Waals surface area contributed by atoms with Gasteiger partial charge in [-0.25, -0.2) is 17.2 Å². The van der Waals surface area contributed by atoms with Crippen LogP contribution < -0.4 is 10.2 Å². The Bertz CT molecular complexity index is 1160. The lowest BCUT2D eigenvalue weighted by Crippen LogP contribution is -2.37. The Morgan fingerprint density at radius 1 is 1.06 bits per heavy atom. The van der Waals surface area contributed by atoms with Gasteiger partial charge in [-0.1, -0.05) is 6.92 Å². The molecule has 0 radical (unpaired) electrons. The Balaban J connectivity index is 1.43. The number of amides is 2. The molecule has 176 valence electrons. The summed E-state index contributed by atoms with van der Waals surface area (Å²) in [5.74, 6) is -2.71. The molecule has 10 heteroatoms. The molecule has 33 heavy (non-hydrogen) atoms. The maximum absolute atomic E-state index is 13.8. The molecule has 2 amide bonds. The highest BCUT2D eigenvalue weighted by atomic mass is 32.2. The van der Waals surface area contributed by atoms with Crippen LogP contribution in [-0.4, -0.2) is 44.2 Å². The first-order chi connectivity index (χ1) is 15.6. The minimum atomic E-state index is -3.60. The highest BCUT2D eigenvalue weighted by molar-refractivity contribution is 7.89. The van der Waals surface area contributed by atoms with Crippen LogP contribution in [0.15, 0.2) is 47.4 Å². The molecule has 2 heterocycles. The number of sulfonamides is 1. The summed E-state index contributed by atoms with van der Waals surface area (Å²) in [6, 6.07) is 8.87. The Kier molecular flexibility index (Phi) is 6.49. The first kappa shape index (κ1) is 23.3. The van der Waals surface area contributed by atoms with E-state index < -0.39 is 33.5 Å². The molecule has 2 aliphatic rings. The Hall–Kier alpha value is -2.85. The number of benzene rings is 2. The lowest BCUT2D eigenvalue weighted by atomic mass is 10.0. The molecule has 4 rings (SSSR count). The zero-order chi connectivity index (χ0) is 23.8. The first-order valence-electron chi connectivity index (χ1n) is 10.8. The second kappa shape index (κ2) is 9.18. The van der Waals surface area contributed by atoms with Crippen molar-refractivity contribution in [1.29, 1.82) is 0 Å². The fraction of sp³-hybridized carbons (Fsp3) is 0.391. The molecule has 0 aromatic heterocycles. The van der Waals surface area contributed by atoms with Crippen LogP contribution in [0.25, 0.3) is 0 Å². The predicted octanol–water partition coefficient (Wildman–Crippen LogP) is 3.38. The monoisotopic (exact) mass is 477 g/mol. The Labute approximate surface area is 191 Å². The molecule has 1 atom stereocenters. The molecule has 0 saturated carbocycles. The lowest BCUT2D eigenvalue weighted by molar-refractivity contribution is -0.122. The summed E-state index contributed by atoms with van der Waals surface area (Å²) < 4.78 is 54.1. The largest absolute Gasteiger partial charge is 0.323 e. The molecule has 0 unspecified atom stereocenters. The van der Waals surface area contributed by atoms with Crippen molar-refractivity contribution in [2.75, 3.05) is 29.9 Å². The van der Waals surface area contributed by atoms with Gasteiger partial charge in [-0.3, -0.25) is 9.59 Å². The smallest absolute Gasteiger partial charge is 0.243 e. The van der Waals surface area contributed by atoms with E-state index in [0.29, 0.717) is 30.8 Å². The van der Waals surface area contributed by atoms with Gasteiger partial charge in [-0.2, -0.15) is 4.31 Å². The second-order valence-corrected chi connectivity index (χ2v) is 10.5. The van der Waals surface area contributed by atoms with Crippen molar-refractivity contribution >= 4 is 33.2 Å². The number of rotatable bonds is 5. The number of piperidine rings is 1. The number of hydrogen-bond donors (Lipinski definition) is 1. The number of nitrogens with one attached hydrogen (secondary N) is 1. The summed E-state index contributed by atoms with van der Waals surface area (Å²) in [5, 5.41) is 2.40.